The first-order chi connectivity index (χ1) is 13.1. The Morgan fingerprint density at radius 2 is 2.04 bits per heavy atom. The topological polar surface area (TPSA) is 72.3 Å². The van der Waals surface area contributed by atoms with Crippen molar-refractivity contribution < 1.29 is 14.6 Å². The van der Waals surface area contributed by atoms with Gasteiger partial charge >= 0.3 is 5.97 Å². The number of pyridine rings is 2. The molecule has 2 aliphatic rings. The van der Waals surface area contributed by atoms with Crippen LogP contribution in [0.2, 0.25) is 0 Å². The van der Waals surface area contributed by atoms with Crippen LogP contribution in [0.4, 0.5) is 0 Å². The smallest absolute Gasteiger partial charge is 0.307 e. The maximum absolute atomic E-state index is 11.1. The van der Waals surface area contributed by atoms with E-state index in [2.05, 4.69) is 16.9 Å². The van der Waals surface area contributed by atoms with Gasteiger partial charge in [-0.25, -0.2) is 0 Å². The summed E-state index contributed by atoms with van der Waals surface area (Å²) in [5.41, 5.74) is 2.56. The average Bonchev–Trinajstić information content (AvgIpc) is 3.49. The standard InChI is InChI=1S/C22H26N2O3/c1-14-5-7-15(8-6-14)13-27-17-9-16(11-23-12-17)20-3-2-4-21(24-20)18-10-19(18)22(25)26/h2-4,9,11-12,14-15,18-19H,5-8,10,13H2,1H3,(H,25,26)/t14-,15-,18-,19-/m1/s1. The van der Waals surface area contributed by atoms with Gasteiger partial charge in [-0.1, -0.05) is 25.8 Å². The van der Waals surface area contributed by atoms with Crippen LogP contribution in [0.5, 0.6) is 5.75 Å². The Kier molecular flexibility index (Phi) is 5.10. The third-order valence-corrected chi connectivity index (χ3v) is 5.89. The summed E-state index contributed by atoms with van der Waals surface area (Å²) in [4.78, 5) is 20.1. The van der Waals surface area contributed by atoms with Crippen LogP contribution in [0.3, 0.4) is 0 Å². The molecule has 0 aromatic carbocycles. The van der Waals surface area contributed by atoms with Gasteiger partial charge in [-0.3, -0.25) is 14.8 Å². The first-order valence-electron chi connectivity index (χ1n) is 9.88. The molecule has 27 heavy (non-hydrogen) atoms. The second-order valence-corrected chi connectivity index (χ2v) is 8.08. The lowest BCUT2D eigenvalue weighted by Crippen LogP contribution is -2.18. The molecule has 5 nitrogen and oxygen atoms in total. The van der Waals surface area contributed by atoms with Crippen LogP contribution in [0.1, 0.15) is 50.6 Å². The van der Waals surface area contributed by atoms with E-state index in [0.29, 0.717) is 12.3 Å². The number of rotatable bonds is 6. The van der Waals surface area contributed by atoms with E-state index in [1.165, 1.54) is 25.7 Å². The number of aromatic nitrogens is 2. The van der Waals surface area contributed by atoms with Gasteiger partial charge in [-0.2, -0.15) is 0 Å². The Morgan fingerprint density at radius 3 is 2.78 bits per heavy atom. The van der Waals surface area contributed by atoms with Crippen LogP contribution >= 0.6 is 0 Å². The lowest BCUT2D eigenvalue weighted by molar-refractivity contribution is -0.138. The molecule has 0 aliphatic heterocycles. The molecule has 1 N–H and O–H groups in total. The lowest BCUT2D eigenvalue weighted by Gasteiger charge is -2.26. The molecule has 0 radical (unpaired) electrons. The van der Waals surface area contributed by atoms with Crippen molar-refractivity contribution in [1.29, 1.82) is 0 Å². The van der Waals surface area contributed by atoms with E-state index in [1.807, 2.05) is 24.3 Å². The van der Waals surface area contributed by atoms with Crippen molar-refractivity contribution in [2.24, 2.45) is 17.8 Å². The van der Waals surface area contributed by atoms with Crippen molar-refractivity contribution in [3.63, 3.8) is 0 Å². The van der Waals surface area contributed by atoms with Gasteiger partial charge in [0.1, 0.15) is 5.75 Å². The van der Waals surface area contributed by atoms with E-state index in [9.17, 15) is 4.79 Å². The van der Waals surface area contributed by atoms with Gasteiger partial charge in [0.05, 0.1) is 24.4 Å². The third-order valence-electron chi connectivity index (χ3n) is 5.89. The molecule has 0 bridgehead atoms. The minimum absolute atomic E-state index is 0.0311. The number of aliphatic carboxylic acids is 1. The molecule has 4 rings (SSSR count). The number of nitrogens with zero attached hydrogens (tertiary/aromatic N) is 2. The van der Waals surface area contributed by atoms with E-state index in [1.54, 1.807) is 12.4 Å². The summed E-state index contributed by atoms with van der Waals surface area (Å²) >= 11 is 0. The fourth-order valence-corrected chi connectivity index (χ4v) is 3.96. The molecular formula is C22H26N2O3. The maximum atomic E-state index is 11.1. The molecule has 2 heterocycles. The summed E-state index contributed by atoms with van der Waals surface area (Å²) in [5, 5.41) is 9.13. The highest BCUT2D eigenvalue weighted by atomic mass is 16.5. The van der Waals surface area contributed by atoms with Crippen molar-refractivity contribution in [3.8, 4) is 17.0 Å². The van der Waals surface area contributed by atoms with Crippen LogP contribution in [-0.4, -0.2) is 27.7 Å². The zero-order chi connectivity index (χ0) is 18.8. The van der Waals surface area contributed by atoms with Gasteiger partial charge in [0, 0.05) is 23.4 Å². The van der Waals surface area contributed by atoms with Crippen LogP contribution in [0, 0.1) is 17.8 Å². The zero-order valence-corrected chi connectivity index (χ0v) is 15.7. The summed E-state index contributed by atoms with van der Waals surface area (Å²) in [6.07, 6.45) is 9.27. The largest absolute Gasteiger partial charge is 0.492 e. The van der Waals surface area contributed by atoms with Gasteiger partial charge in [0.2, 0.25) is 0 Å². The molecule has 142 valence electrons. The Labute approximate surface area is 159 Å². The Balaban J connectivity index is 1.42. The number of carbonyl (C=O) groups is 1. The number of hydrogen-bond acceptors (Lipinski definition) is 4. The summed E-state index contributed by atoms with van der Waals surface area (Å²) in [5.74, 6) is 1.25. The molecule has 0 amide bonds. The lowest BCUT2D eigenvalue weighted by atomic mass is 9.83. The molecule has 2 aromatic heterocycles. The molecule has 5 heteroatoms. The third kappa shape index (κ3) is 4.29. The molecule has 0 saturated heterocycles. The maximum Gasteiger partial charge on any atom is 0.307 e. The fraction of sp³-hybridized carbons (Fsp3) is 0.500. The first kappa shape index (κ1) is 18.0. The van der Waals surface area contributed by atoms with E-state index in [-0.39, 0.29) is 11.8 Å². The van der Waals surface area contributed by atoms with Gasteiger partial charge < -0.3 is 9.84 Å². The van der Waals surface area contributed by atoms with Crippen molar-refractivity contribution in [3.05, 3.63) is 42.4 Å². The summed E-state index contributed by atoms with van der Waals surface area (Å²) < 4.78 is 6.01. The number of carboxylic acid groups (broad SMARTS) is 1. The molecule has 2 saturated carbocycles. The van der Waals surface area contributed by atoms with Gasteiger partial charge in [-0.05, 0) is 49.3 Å². The van der Waals surface area contributed by atoms with E-state index in [4.69, 9.17) is 9.84 Å². The monoisotopic (exact) mass is 366 g/mol. The number of carboxylic acids is 1. The van der Waals surface area contributed by atoms with Gasteiger partial charge in [0.25, 0.3) is 0 Å². The molecule has 2 fully saturated rings. The molecule has 2 aliphatic carbocycles. The zero-order valence-electron chi connectivity index (χ0n) is 15.7. The molecule has 2 atom stereocenters. The minimum Gasteiger partial charge on any atom is -0.492 e. The van der Waals surface area contributed by atoms with E-state index >= 15 is 0 Å². The van der Waals surface area contributed by atoms with Crippen molar-refractivity contribution in [2.45, 2.75) is 44.9 Å². The number of ether oxygens (including phenoxy) is 1. The summed E-state index contributed by atoms with van der Waals surface area (Å²) in [6.45, 7) is 3.07. The highest BCUT2D eigenvalue weighted by Gasteiger charge is 2.45. The van der Waals surface area contributed by atoms with Crippen LogP contribution in [0.25, 0.3) is 11.3 Å². The van der Waals surface area contributed by atoms with Crippen molar-refractivity contribution in [1.82, 2.24) is 9.97 Å². The quantitative estimate of drug-likeness (QED) is 0.813. The molecular weight excluding hydrogens is 340 g/mol. The van der Waals surface area contributed by atoms with Crippen molar-refractivity contribution in [2.75, 3.05) is 6.61 Å². The van der Waals surface area contributed by atoms with Gasteiger partial charge in [0.15, 0.2) is 0 Å². The number of hydrogen-bond donors (Lipinski definition) is 1. The Hall–Kier alpha value is -2.43. The first-order valence-corrected chi connectivity index (χ1v) is 9.88. The molecule has 0 spiro atoms. The summed E-state index contributed by atoms with van der Waals surface area (Å²) in [6, 6.07) is 7.76. The normalized spacial score (nSPS) is 27.1. The Bertz CT molecular complexity index is 815. The highest BCUT2D eigenvalue weighted by molar-refractivity contribution is 5.75. The molecule has 0 unspecified atom stereocenters. The van der Waals surface area contributed by atoms with Crippen LogP contribution in [0.15, 0.2) is 36.7 Å². The fourth-order valence-electron chi connectivity index (χ4n) is 3.96. The minimum atomic E-state index is -0.735. The van der Waals surface area contributed by atoms with Crippen LogP contribution < -0.4 is 4.74 Å². The Morgan fingerprint density at radius 1 is 1.22 bits per heavy atom. The summed E-state index contributed by atoms with van der Waals surface area (Å²) in [7, 11) is 0. The average molecular weight is 366 g/mol. The highest BCUT2D eigenvalue weighted by Crippen LogP contribution is 2.47. The predicted octanol–water partition coefficient (Wildman–Crippen LogP) is 4.54. The van der Waals surface area contributed by atoms with E-state index < -0.39 is 5.97 Å². The second-order valence-electron chi connectivity index (χ2n) is 8.08. The van der Waals surface area contributed by atoms with E-state index in [0.717, 1.165) is 35.2 Å². The SMILES string of the molecule is C[C@H]1CC[C@H](COc2cncc(-c3cccc([C@@H]4C[C@H]4C(=O)O)n3)c2)CC1. The second kappa shape index (κ2) is 7.67. The molecule has 2 aromatic rings. The van der Waals surface area contributed by atoms with Crippen molar-refractivity contribution >= 4 is 5.97 Å². The van der Waals surface area contributed by atoms with Gasteiger partial charge in [-0.15, -0.1) is 0 Å². The van der Waals surface area contributed by atoms with Crippen LogP contribution in [-0.2, 0) is 4.79 Å². The predicted molar refractivity (Wildman–Crippen MR) is 103 cm³/mol.